The molecule has 0 atom stereocenters. The predicted molar refractivity (Wildman–Crippen MR) is 147 cm³/mol. The monoisotopic (exact) mass is 539 g/mol. The molecule has 0 unspecified atom stereocenters. The van der Waals surface area contributed by atoms with E-state index in [1.807, 2.05) is 31.3 Å². The lowest BCUT2D eigenvalue weighted by Gasteiger charge is -2.22. The summed E-state index contributed by atoms with van der Waals surface area (Å²) in [6, 6.07) is 25.1. The number of hydrogen-bond donors (Lipinski definition) is 1. The number of ether oxygens (including phenoxy) is 1. The van der Waals surface area contributed by atoms with Crippen LogP contribution in [-0.2, 0) is 4.74 Å². The summed E-state index contributed by atoms with van der Waals surface area (Å²) in [4.78, 5) is 14.7. The number of anilines is 2. The quantitative estimate of drug-likeness (QED) is 0.267. The fourth-order valence-corrected chi connectivity index (χ4v) is 4.95. The molecule has 1 aromatic heterocycles. The van der Waals surface area contributed by atoms with Gasteiger partial charge in [-0.05, 0) is 80.4 Å². The molecule has 0 saturated carbocycles. The number of halogens is 1. The molecular weight excluding hydrogens is 514 g/mol. The maximum atomic E-state index is 5.58. The molecule has 0 spiro atoms. The van der Waals surface area contributed by atoms with E-state index in [2.05, 4.69) is 85.4 Å². The van der Waals surface area contributed by atoms with Crippen molar-refractivity contribution in [2.75, 3.05) is 18.5 Å². The molecule has 7 heteroatoms. The Balaban J connectivity index is 1.63. The molecule has 0 amide bonds. The van der Waals surface area contributed by atoms with E-state index in [1.165, 1.54) is 0 Å². The fourth-order valence-electron chi connectivity index (χ4n) is 4.69. The molecule has 1 saturated heterocycles. The SMILES string of the molecule is Cc1ncccc1Nc1cc2nc3ccccc3n(-c3ccc(Br)cc3)c-2cc1=NC1CCOCC1. The van der Waals surface area contributed by atoms with Crippen LogP contribution in [0.4, 0.5) is 11.4 Å². The van der Waals surface area contributed by atoms with E-state index in [0.717, 1.165) is 81.1 Å². The van der Waals surface area contributed by atoms with Crippen LogP contribution < -0.4 is 10.7 Å². The van der Waals surface area contributed by atoms with Gasteiger partial charge in [-0.3, -0.25) is 9.98 Å². The van der Waals surface area contributed by atoms with Crippen molar-refractivity contribution in [2.45, 2.75) is 25.8 Å². The number of hydrogen-bond acceptors (Lipinski definition) is 5. The van der Waals surface area contributed by atoms with Crippen molar-refractivity contribution < 1.29 is 4.74 Å². The van der Waals surface area contributed by atoms with Crippen LogP contribution in [0.5, 0.6) is 0 Å². The predicted octanol–water partition coefficient (Wildman–Crippen LogP) is 6.42. The summed E-state index contributed by atoms with van der Waals surface area (Å²) in [5.41, 5.74) is 7.78. The second-order valence-corrected chi connectivity index (χ2v) is 9.92. The minimum Gasteiger partial charge on any atom is -0.381 e. The van der Waals surface area contributed by atoms with E-state index in [1.54, 1.807) is 0 Å². The van der Waals surface area contributed by atoms with Crippen LogP contribution in [0.15, 0.2) is 88.5 Å². The minimum atomic E-state index is 0.223. The van der Waals surface area contributed by atoms with Crippen LogP contribution in [0.2, 0.25) is 0 Å². The zero-order valence-corrected chi connectivity index (χ0v) is 21.6. The summed E-state index contributed by atoms with van der Waals surface area (Å²) in [7, 11) is 0. The largest absolute Gasteiger partial charge is 0.381 e. The lowest BCUT2D eigenvalue weighted by atomic mass is 10.1. The molecule has 1 fully saturated rings. The van der Waals surface area contributed by atoms with Gasteiger partial charge in [0.15, 0.2) is 0 Å². The highest BCUT2D eigenvalue weighted by molar-refractivity contribution is 9.10. The number of nitrogens with one attached hydrogen (secondary N) is 1. The number of benzene rings is 3. The Labute approximate surface area is 218 Å². The summed E-state index contributed by atoms with van der Waals surface area (Å²) in [6.45, 7) is 3.50. The summed E-state index contributed by atoms with van der Waals surface area (Å²) in [6.07, 6.45) is 3.65. The standard InChI is InChI=1S/C29H26BrN5O/c1-19-23(6-4-14-31-19)33-25-17-27-29(18-26(25)32-21-12-15-36-16-13-21)35(22-10-8-20(30)9-11-22)28-7-3-2-5-24(28)34-27/h2-11,14,17-18,21,33H,12-13,15-16H2,1H3. The molecule has 1 N–H and O–H groups in total. The minimum absolute atomic E-state index is 0.223. The lowest BCUT2D eigenvalue weighted by Crippen LogP contribution is -2.23. The molecule has 1 aliphatic carbocycles. The van der Waals surface area contributed by atoms with Crippen LogP contribution in [0.3, 0.4) is 0 Å². The Morgan fingerprint density at radius 3 is 2.58 bits per heavy atom. The summed E-state index contributed by atoms with van der Waals surface area (Å²) in [5, 5.41) is 4.51. The van der Waals surface area contributed by atoms with Crippen LogP contribution in [0.1, 0.15) is 18.5 Å². The van der Waals surface area contributed by atoms with Crippen molar-refractivity contribution in [2.24, 2.45) is 4.99 Å². The number of fused-ring (bicyclic) bond motifs is 2. The Morgan fingerprint density at radius 2 is 1.78 bits per heavy atom. The highest BCUT2D eigenvalue weighted by Gasteiger charge is 2.18. The molecule has 180 valence electrons. The van der Waals surface area contributed by atoms with Crippen molar-refractivity contribution in [3.8, 4) is 17.1 Å². The van der Waals surface area contributed by atoms with E-state index in [4.69, 9.17) is 14.7 Å². The Bertz CT molecular complexity index is 1570. The third-order valence-electron chi connectivity index (χ3n) is 6.57. The second kappa shape index (κ2) is 9.84. The van der Waals surface area contributed by atoms with Gasteiger partial charge in [0.1, 0.15) is 0 Å². The van der Waals surface area contributed by atoms with E-state index in [0.29, 0.717) is 0 Å². The average molecular weight is 540 g/mol. The topological polar surface area (TPSA) is 64.3 Å². The average Bonchev–Trinajstić information content (AvgIpc) is 2.90. The zero-order chi connectivity index (χ0) is 24.5. The van der Waals surface area contributed by atoms with Crippen molar-refractivity contribution in [1.82, 2.24) is 14.5 Å². The first-order valence-corrected chi connectivity index (χ1v) is 13.0. The lowest BCUT2D eigenvalue weighted by molar-refractivity contribution is 0.0864. The number of para-hydroxylation sites is 2. The molecule has 3 aliphatic rings. The van der Waals surface area contributed by atoms with Gasteiger partial charge in [0.25, 0.3) is 0 Å². The molecule has 2 aliphatic heterocycles. The fraction of sp³-hybridized carbons (Fsp3) is 0.207. The first-order chi connectivity index (χ1) is 17.7. The molecule has 0 bridgehead atoms. The summed E-state index contributed by atoms with van der Waals surface area (Å²) in [5.74, 6) is 0. The normalized spacial score (nSPS) is 15.0. The third kappa shape index (κ3) is 4.52. The number of rotatable bonds is 4. The van der Waals surface area contributed by atoms with Crippen LogP contribution in [0.25, 0.3) is 28.1 Å². The van der Waals surface area contributed by atoms with Crippen LogP contribution in [0, 0.1) is 6.92 Å². The summed E-state index contributed by atoms with van der Waals surface area (Å²) >= 11 is 3.57. The van der Waals surface area contributed by atoms with Gasteiger partial charge >= 0.3 is 0 Å². The maximum Gasteiger partial charge on any atom is 0.0900 e. The summed E-state index contributed by atoms with van der Waals surface area (Å²) < 4.78 is 8.90. The maximum absolute atomic E-state index is 5.58. The van der Waals surface area contributed by atoms with Gasteiger partial charge in [0, 0.05) is 29.6 Å². The van der Waals surface area contributed by atoms with E-state index >= 15 is 0 Å². The molecule has 0 radical (unpaired) electrons. The molecular formula is C29H26BrN5O. The van der Waals surface area contributed by atoms with Gasteiger partial charge in [-0.15, -0.1) is 0 Å². The number of pyridine rings is 1. The van der Waals surface area contributed by atoms with Gasteiger partial charge in [0.2, 0.25) is 0 Å². The van der Waals surface area contributed by atoms with Crippen molar-refractivity contribution in [3.05, 3.63) is 94.5 Å². The number of nitrogens with zero attached hydrogens (tertiary/aromatic N) is 4. The highest BCUT2D eigenvalue weighted by Crippen LogP contribution is 2.31. The molecule has 6 rings (SSSR count). The Morgan fingerprint density at radius 1 is 0.972 bits per heavy atom. The first kappa shape index (κ1) is 22.9. The second-order valence-electron chi connectivity index (χ2n) is 9.00. The van der Waals surface area contributed by atoms with Crippen molar-refractivity contribution >= 4 is 38.3 Å². The van der Waals surface area contributed by atoms with Gasteiger partial charge < -0.3 is 14.6 Å². The van der Waals surface area contributed by atoms with E-state index in [-0.39, 0.29) is 6.04 Å². The molecule has 6 nitrogen and oxygen atoms in total. The van der Waals surface area contributed by atoms with Crippen molar-refractivity contribution in [1.29, 1.82) is 0 Å². The van der Waals surface area contributed by atoms with Gasteiger partial charge in [0.05, 0.1) is 50.9 Å². The third-order valence-corrected chi connectivity index (χ3v) is 7.10. The molecule has 3 heterocycles. The van der Waals surface area contributed by atoms with Gasteiger partial charge in [-0.1, -0.05) is 28.1 Å². The Hall–Kier alpha value is -3.55. The molecule has 3 aromatic rings. The van der Waals surface area contributed by atoms with Gasteiger partial charge in [-0.25, -0.2) is 4.98 Å². The van der Waals surface area contributed by atoms with E-state index < -0.39 is 0 Å². The van der Waals surface area contributed by atoms with Crippen molar-refractivity contribution in [3.63, 3.8) is 0 Å². The van der Waals surface area contributed by atoms with Crippen LogP contribution >= 0.6 is 15.9 Å². The van der Waals surface area contributed by atoms with Crippen LogP contribution in [-0.4, -0.2) is 33.8 Å². The van der Waals surface area contributed by atoms with Gasteiger partial charge in [-0.2, -0.15) is 0 Å². The first-order valence-electron chi connectivity index (χ1n) is 12.2. The highest BCUT2D eigenvalue weighted by atomic mass is 79.9. The zero-order valence-electron chi connectivity index (χ0n) is 20.0. The molecule has 2 aromatic carbocycles. The molecule has 36 heavy (non-hydrogen) atoms. The smallest absolute Gasteiger partial charge is 0.0900 e. The number of aromatic nitrogens is 3. The Kier molecular flexibility index (Phi) is 6.25. The van der Waals surface area contributed by atoms with E-state index in [9.17, 15) is 0 Å². The number of aryl methyl sites for hydroxylation is 1.